The summed E-state index contributed by atoms with van der Waals surface area (Å²) in [6.45, 7) is 5.16. The van der Waals surface area contributed by atoms with Crippen LogP contribution < -0.4 is 4.74 Å². The van der Waals surface area contributed by atoms with Gasteiger partial charge in [0.1, 0.15) is 18.5 Å². The number of benzene rings is 4. The second-order valence-corrected chi connectivity index (χ2v) is 10.5. The highest BCUT2D eigenvalue weighted by Crippen LogP contribution is 2.38. The fraction of sp³-hybridized carbons (Fsp3) is 0.270. The zero-order valence-electron chi connectivity index (χ0n) is 24.3. The van der Waals surface area contributed by atoms with E-state index in [-0.39, 0.29) is 6.10 Å². The second kappa shape index (κ2) is 14.1. The number of carboxylic acids is 1. The van der Waals surface area contributed by atoms with Gasteiger partial charge < -0.3 is 19.3 Å². The van der Waals surface area contributed by atoms with Gasteiger partial charge in [0.05, 0.1) is 6.61 Å². The summed E-state index contributed by atoms with van der Waals surface area (Å²) in [5.74, 6) is -0.240. The average molecular weight is 563 g/mol. The molecule has 0 spiro atoms. The summed E-state index contributed by atoms with van der Waals surface area (Å²) in [5.41, 5.74) is 9.20. The number of fused-ring (bicyclic) bond motifs is 2. The maximum absolute atomic E-state index is 11.4. The van der Waals surface area contributed by atoms with E-state index < -0.39 is 12.1 Å². The second-order valence-electron chi connectivity index (χ2n) is 10.5. The van der Waals surface area contributed by atoms with E-state index in [0.29, 0.717) is 32.0 Å². The van der Waals surface area contributed by atoms with Crippen LogP contribution in [0.1, 0.15) is 59.8 Å². The van der Waals surface area contributed by atoms with Gasteiger partial charge in [0, 0.05) is 13.0 Å². The van der Waals surface area contributed by atoms with E-state index >= 15 is 0 Å². The molecule has 42 heavy (non-hydrogen) atoms. The summed E-state index contributed by atoms with van der Waals surface area (Å²) in [5, 5.41) is 9.35. The largest absolute Gasteiger partial charge is 0.491 e. The lowest BCUT2D eigenvalue weighted by molar-refractivity contribution is -0.149. The van der Waals surface area contributed by atoms with Gasteiger partial charge in [-0.1, -0.05) is 98.3 Å². The summed E-state index contributed by atoms with van der Waals surface area (Å²) in [6, 6.07) is 31.3. The Balaban J connectivity index is 1.31. The first-order valence-electron chi connectivity index (χ1n) is 14.7. The highest BCUT2D eigenvalue weighted by atomic mass is 16.5. The van der Waals surface area contributed by atoms with Gasteiger partial charge in [0.15, 0.2) is 6.10 Å². The zero-order chi connectivity index (χ0) is 29.3. The summed E-state index contributed by atoms with van der Waals surface area (Å²) in [4.78, 5) is 11.4. The number of ether oxygens (including phenoxy) is 3. The first-order chi connectivity index (χ1) is 20.6. The van der Waals surface area contributed by atoms with E-state index in [0.717, 1.165) is 29.5 Å². The van der Waals surface area contributed by atoms with Crippen molar-refractivity contribution in [1.82, 2.24) is 0 Å². The molecule has 4 aromatic carbocycles. The summed E-state index contributed by atoms with van der Waals surface area (Å²) in [6.07, 6.45) is 5.75. The van der Waals surface area contributed by atoms with Gasteiger partial charge in [-0.25, -0.2) is 4.79 Å². The molecule has 0 amide bonds. The van der Waals surface area contributed by atoms with Crippen LogP contribution >= 0.6 is 0 Å². The first kappa shape index (κ1) is 29.3. The highest BCUT2D eigenvalue weighted by Gasteiger charge is 2.23. The third kappa shape index (κ3) is 7.17. The summed E-state index contributed by atoms with van der Waals surface area (Å²) < 4.78 is 17.9. The fourth-order valence-electron chi connectivity index (χ4n) is 5.42. The summed E-state index contributed by atoms with van der Waals surface area (Å²) >= 11 is 0. The van der Waals surface area contributed by atoms with Crippen molar-refractivity contribution in [3.8, 4) is 16.9 Å². The maximum Gasteiger partial charge on any atom is 0.333 e. The Morgan fingerprint density at radius 2 is 1.55 bits per heavy atom. The molecule has 0 heterocycles. The van der Waals surface area contributed by atoms with Crippen molar-refractivity contribution in [2.24, 2.45) is 0 Å². The molecule has 216 valence electrons. The standard InChI is InChI=1S/C37H38O5/c1-3-8-26-11-14-29-15-16-31-25-30(28-9-6-5-7-10-28)17-20-33(31)36(34(29)23-26)42-22-21-41-32-18-12-27(13-19-32)24-35(37(38)39)40-4-2/h5-7,9-20,23,25,35-36H,3-4,8,21-22,24H2,1-2H3,(H,38,39). The van der Waals surface area contributed by atoms with Crippen molar-refractivity contribution in [2.45, 2.75) is 45.3 Å². The molecule has 5 heteroatoms. The predicted octanol–water partition coefficient (Wildman–Crippen LogP) is 8.01. The molecular weight excluding hydrogens is 524 g/mol. The van der Waals surface area contributed by atoms with Crippen LogP contribution in [0, 0.1) is 0 Å². The van der Waals surface area contributed by atoms with E-state index in [1.54, 1.807) is 6.92 Å². The van der Waals surface area contributed by atoms with E-state index in [9.17, 15) is 9.90 Å². The molecular formula is C37H38O5. The molecule has 1 aliphatic rings. The van der Waals surface area contributed by atoms with Gasteiger partial charge >= 0.3 is 5.97 Å². The Morgan fingerprint density at radius 1 is 0.786 bits per heavy atom. The molecule has 4 aromatic rings. The van der Waals surface area contributed by atoms with Crippen molar-refractivity contribution in [1.29, 1.82) is 0 Å². The molecule has 2 atom stereocenters. The number of hydrogen-bond donors (Lipinski definition) is 1. The minimum Gasteiger partial charge on any atom is -0.491 e. The quantitative estimate of drug-likeness (QED) is 0.167. The van der Waals surface area contributed by atoms with Crippen LogP contribution in [0.2, 0.25) is 0 Å². The van der Waals surface area contributed by atoms with Crippen LogP contribution in [-0.2, 0) is 27.1 Å². The van der Waals surface area contributed by atoms with Gasteiger partial charge in [0.2, 0.25) is 0 Å². The molecule has 0 aliphatic heterocycles. The van der Waals surface area contributed by atoms with E-state index in [1.165, 1.54) is 27.8 Å². The molecule has 0 bridgehead atoms. The first-order valence-corrected chi connectivity index (χ1v) is 14.7. The van der Waals surface area contributed by atoms with Crippen molar-refractivity contribution < 1.29 is 24.1 Å². The summed E-state index contributed by atoms with van der Waals surface area (Å²) in [7, 11) is 0. The zero-order valence-corrected chi connectivity index (χ0v) is 24.3. The van der Waals surface area contributed by atoms with Gasteiger partial charge in [0.25, 0.3) is 0 Å². The van der Waals surface area contributed by atoms with Crippen LogP contribution in [-0.4, -0.2) is 37.0 Å². The third-order valence-corrected chi connectivity index (χ3v) is 7.52. The number of rotatable bonds is 13. The van der Waals surface area contributed by atoms with Crippen LogP contribution in [0.4, 0.5) is 0 Å². The van der Waals surface area contributed by atoms with Gasteiger partial charge in [-0.15, -0.1) is 0 Å². The molecule has 5 nitrogen and oxygen atoms in total. The number of carboxylic acid groups (broad SMARTS) is 1. The van der Waals surface area contributed by atoms with Crippen LogP contribution in [0.15, 0.2) is 91.0 Å². The lowest BCUT2D eigenvalue weighted by Crippen LogP contribution is -2.26. The van der Waals surface area contributed by atoms with Crippen LogP contribution in [0.3, 0.4) is 0 Å². The van der Waals surface area contributed by atoms with Gasteiger partial charge in [-0.05, 0) is 76.1 Å². The topological polar surface area (TPSA) is 65.0 Å². The molecule has 0 saturated heterocycles. The smallest absolute Gasteiger partial charge is 0.333 e. The SMILES string of the molecule is CCCc1ccc2c(c1)C(OCCOc1ccc(CC(OCC)C(=O)O)cc1)c1ccc(-c3ccccc3)cc1C=C2. The Morgan fingerprint density at radius 3 is 2.29 bits per heavy atom. The van der Waals surface area contributed by atoms with Crippen molar-refractivity contribution >= 4 is 18.1 Å². The average Bonchev–Trinajstić information content (AvgIpc) is 3.16. The number of carbonyl (C=O) groups is 1. The molecule has 2 unspecified atom stereocenters. The third-order valence-electron chi connectivity index (χ3n) is 7.52. The Hall–Kier alpha value is -4.19. The Labute approximate surface area is 248 Å². The number of hydrogen-bond acceptors (Lipinski definition) is 4. The minimum atomic E-state index is -0.954. The van der Waals surface area contributed by atoms with Gasteiger partial charge in [-0.3, -0.25) is 0 Å². The van der Waals surface area contributed by atoms with Crippen LogP contribution in [0.25, 0.3) is 23.3 Å². The van der Waals surface area contributed by atoms with Crippen molar-refractivity contribution in [3.63, 3.8) is 0 Å². The number of aliphatic carboxylic acids is 1. The minimum absolute atomic E-state index is 0.218. The molecule has 0 radical (unpaired) electrons. The van der Waals surface area contributed by atoms with Crippen molar-refractivity contribution in [3.05, 3.63) is 124 Å². The lowest BCUT2D eigenvalue weighted by atomic mass is 9.92. The number of aryl methyl sites for hydroxylation is 1. The fourth-order valence-corrected chi connectivity index (χ4v) is 5.42. The highest BCUT2D eigenvalue weighted by molar-refractivity contribution is 5.79. The van der Waals surface area contributed by atoms with Crippen LogP contribution in [0.5, 0.6) is 5.75 Å². The lowest BCUT2D eigenvalue weighted by Gasteiger charge is -2.22. The molecule has 0 fully saturated rings. The Bertz CT molecular complexity index is 1510. The van der Waals surface area contributed by atoms with E-state index in [1.807, 2.05) is 30.3 Å². The maximum atomic E-state index is 11.4. The van der Waals surface area contributed by atoms with Gasteiger partial charge in [-0.2, -0.15) is 0 Å². The molecule has 5 rings (SSSR count). The molecule has 0 aromatic heterocycles. The molecule has 1 N–H and O–H groups in total. The van der Waals surface area contributed by atoms with E-state index in [2.05, 4.69) is 79.7 Å². The van der Waals surface area contributed by atoms with E-state index in [4.69, 9.17) is 14.2 Å². The van der Waals surface area contributed by atoms with Crippen molar-refractivity contribution in [2.75, 3.05) is 19.8 Å². The normalized spacial score (nSPS) is 14.5. The monoisotopic (exact) mass is 562 g/mol. The Kier molecular flexibility index (Phi) is 9.86. The molecule has 0 saturated carbocycles. The predicted molar refractivity (Wildman–Crippen MR) is 168 cm³/mol. The molecule has 1 aliphatic carbocycles.